The van der Waals surface area contributed by atoms with E-state index in [4.69, 9.17) is 0 Å². The van der Waals surface area contributed by atoms with Crippen molar-refractivity contribution in [1.29, 1.82) is 0 Å². The summed E-state index contributed by atoms with van der Waals surface area (Å²) in [5.41, 5.74) is -0.107. The molecule has 0 spiro atoms. The summed E-state index contributed by atoms with van der Waals surface area (Å²) in [5, 5.41) is 4.57. The molecule has 0 aliphatic heterocycles. The molecule has 1 fully saturated rings. The van der Waals surface area contributed by atoms with E-state index in [9.17, 15) is 9.59 Å². The molecule has 1 aromatic carbocycles. The zero-order valence-corrected chi connectivity index (χ0v) is 11.3. The van der Waals surface area contributed by atoms with Gasteiger partial charge < -0.3 is 9.88 Å². The summed E-state index contributed by atoms with van der Waals surface area (Å²) < 4.78 is 1.48. The van der Waals surface area contributed by atoms with Gasteiger partial charge in [0, 0.05) is 17.6 Å². The summed E-state index contributed by atoms with van der Waals surface area (Å²) in [6, 6.07) is 9.60. The van der Waals surface area contributed by atoms with Crippen LogP contribution in [0.1, 0.15) is 25.7 Å². The van der Waals surface area contributed by atoms with Crippen molar-refractivity contribution in [3.63, 3.8) is 0 Å². The molecule has 4 nitrogen and oxygen atoms in total. The lowest BCUT2D eigenvalue weighted by molar-refractivity contribution is -0.122. The predicted octanol–water partition coefficient (Wildman–Crippen LogP) is 2.06. The number of hydrogen-bond donors (Lipinski definition) is 1. The summed E-state index contributed by atoms with van der Waals surface area (Å²) >= 11 is 0. The lowest BCUT2D eigenvalue weighted by Crippen LogP contribution is -2.37. The quantitative estimate of drug-likeness (QED) is 0.928. The fourth-order valence-corrected chi connectivity index (χ4v) is 2.85. The Morgan fingerprint density at radius 3 is 2.75 bits per heavy atom. The molecule has 1 aliphatic carbocycles. The van der Waals surface area contributed by atoms with Gasteiger partial charge in [0.1, 0.15) is 6.54 Å². The van der Waals surface area contributed by atoms with Gasteiger partial charge in [0.15, 0.2) is 0 Å². The predicted molar refractivity (Wildman–Crippen MR) is 78.6 cm³/mol. The maximum atomic E-state index is 12.3. The first-order chi connectivity index (χ1) is 9.74. The molecule has 3 rings (SSSR count). The lowest BCUT2D eigenvalue weighted by Gasteiger charge is -2.13. The van der Waals surface area contributed by atoms with Crippen LogP contribution >= 0.6 is 0 Å². The Labute approximate surface area is 117 Å². The van der Waals surface area contributed by atoms with Crippen molar-refractivity contribution < 1.29 is 4.79 Å². The zero-order chi connectivity index (χ0) is 13.9. The van der Waals surface area contributed by atoms with E-state index >= 15 is 0 Å². The second kappa shape index (κ2) is 5.49. The number of aromatic nitrogens is 1. The first-order valence-electron chi connectivity index (χ1n) is 7.11. The number of nitrogens with one attached hydrogen (secondary N) is 1. The van der Waals surface area contributed by atoms with Gasteiger partial charge >= 0.3 is 0 Å². The number of fused-ring (bicyclic) bond motifs is 1. The maximum absolute atomic E-state index is 12.3. The molecule has 104 valence electrons. The Morgan fingerprint density at radius 1 is 1.20 bits per heavy atom. The van der Waals surface area contributed by atoms with Gasteiger partial charge in [-0.1, -0.05) is 31.0 Å². The van der Waals surface area contributed by atoms with Crippen molar-refractivity contribution in [1.82, 2.24) is 9.88 Å². The lowest BCUT2D eigenvalue weighted by atomic mass is 10.2. The number of benzene rings is 1. The Balaban J connectivity index is 1.78. The third kappa shape index (κ3) is 2.59. The van der Waals surface area contributed by atoms with Gasteiger partial charge in [0.05, 0.1) is 0 Å². The van der Waals surface area contributed by atoms with Crippen LogP contribution in [-0.4, -0.2) is 16.5 Å². The van der Waals surface area contributed by atoms with Gasteiger partial charge in [0.25, 0.3) is 5.56 Å². The number of nitrogens with zero attached hydrogens (tertiary/aromatic N) is 1. The molecule has 0 unspecified atom stereocenters. The molecular formula is C16H18N2O2. The topological polar surface area (TPSA) is 51.1 Å². The molecule has 0 bridgehead atoms. The Kier molecular flexibility index (Phi) is 3.54. The fraction of sp³-hybridized carbons (Fsp3) is 0.375. The molecule has 1 heterocycles. The van der Waals surface area contributed by atoms with Crippen LogP contribution in [0.25, 0.3) is 10.8 Å². The minimum absolute atomic E-state index is 0.0747. The number of rotatable bonds is 3. The summed E-state index contributed by atoms with van der Waals surface area (Å²) in [6.45, 7) is 0.0974. The molecule has 0 atom stereocenters. The van der Waals surface area contributed by atoms with Crippen LogP contribution in [0, 0.1) is 0 Å². The van der Waals surface area contributed by atoms with Crippen molar-refractivity contribution in [2.75, 3.05) is 0 Å². The normalized spacial score (nSPS) is 15.6. The smallest absolute Gasteiger partial charge is 0.258 e. The van der Waals surface area contributed by atoms with Gasteiger partial charge in [-0.05, 0) is 30.4 Å². The molecule has 20 heavy (non-hydrogen) atoms. The molecule has 2 aromatic rings. The van der Waals surface area contributed by atoms with Crippen LogP contribution in [-0.2, 0) is 11.3 Å². The Morgan fingerprint density at radius 2 is 1.95 bits per heavy atom. The highest BCUT2D eigenvalue weighted by Crippen LogP contribution is 2.17. The van der Waals surface area contributed by atoms with Crippen LogP contribution in [0.4, 0.5) is 0 Å². The molecule has 1 amide bonds. The van der Waals surface area contributed by atoms with Crippen molar-refractivity contribution in [2.45, 2.75) is 38.3 Å². The molecule has 4 heteroatoms. The summed E-state index contributed by atoms with van der Waals surface area (Å²) in [5.74, 6) is -0.0747. The highest BCUT2D eigenvalue weighted by Gasteiger charge is 2.17. The average molecular weight is 270 g/mol. The second-order valence-electron chi connectivity index (χ2n) is 5.38. The number of carbonyl (C=O) groups is 1. The van der Waals surface area contributed by atoms with E-state index < -0.39 is 0 Å². The largest absolute Gasteiger partial charge is 0.352 e. The monoisotopic (exact) mass is 270 g/mol. The molecule has 1 N–H and O–H groups in total. The van der Waals surface area contributed by atoms with Gasteiger partial charge in [-0.25, -0.2) is 0 Å². The van der Waals surface area contributed by atoms with Crippen LogP contribution < -0.4 is 10.9 Å². The third-order valence-electron chi connectivity index (χ3n) is 3.92. The average Bonchev–Trinajstić information content (AvgIpc) is 2.95. The molecule has 1 saturated carbocycles. The van der Waals surface area contributed by atoms with E-state index in [1.165, 1.54) is 17.4 Å². The fourth-order valence-electron chi connectivity index (χ4n) is 2.85. The van der Waals surface area contributed by atoms with Gasteiger partial charge in [-0.2, -0.15) is 0 Å². The van der Waals surface area contributed by atoms with Gasteiger partial charge in [-0.3, -0.25) is 9.59 Å². The molecule has 1 aliphatic rings. The third-order valence-corrected chi connectivity index (χ3v) is 3.92. The van der Waals surface area contributed by atoms with E-state index in [0.29, 0.717) is 11.4 Å². The number of amides is 1. The standard InChI is InChI=1S/C16H18N2O2/c19-15(17-13-6-2-3-7-13)11-18-10-9-12-5-1-4-8-14(12)16(18)20/h1,4-5,8-10,13H,2-3,6-7,11H2,(H,17,19). The first-order valence-corrected chi connectivity index (χ1v) is 7.11. The summed E-state index contributed by atoms with van der Waals surface area (Å²) in [7, 11) is 0. The Hall–Kier alpha value is -2.10. The van der Waals surface area contributed by atoms with Crippen molar-refractivity contribution in [3.8, 4) is 0 Å². The minimum Gasteiger partial charge on any atom is -0.352 e. The number of hydrogen-bond acceptors (Lipinski definition) is 2. The number of pyridine rings is 1. The van der Waals surface area contributed by atoms with Crippen LogP contribution in [0.2, 0.25) is 0 Å². The summed E-state index contributed by atoms with van der Waals surface area (Å²) in [6.07, 6.45) is 6.16. The Bertz CT molecular complexity index is 684. The minimum atomic E-state index is -0.107. The second-order valence-corrected chi connectivity index (χ2v) is 5.38. The highest BCUT2D eigenvalue weighted by molar-refractivity contribution is 5.82. The van der Waals surface area contributed by atoms with Crippen LogP contribution in [0.3, 0.4) is 0 Å². The zero-order valence-electron chi connectivity index (χ0n) is 11.3. The van der Waals surface area contributed by atoms with E-state index in [0.717, 1.165) is 18.2 Å². The number of carbonyl (C=O) groups excluding carboxylic acids is 1. The van der Waals surface area contributed by atoms with Crippen LogP contribution in [0.15, 0.2) is 41.3 Å². The molecule has 0 saturated heterocycles. The van der Waals surface area contributed by atoms with Crippen molar-refractivity contribution in [3.05, 3.63) is 46.9 Å². The molecule has 1 aromatic heterocycles. The van der Waals surface area contributed by atoms with E-state index in [-0.39, 0.29) is 18.0 Å². The van der Waals surface area contributed by atoms with Crippen molar-refractivity contribution >= 4 is 16.7 Å². The summed E-state index contributed by atoms with van der Waals surface area (Å²) in [4.78, 5) is 24.3. The van der Waals surface area contributed by atoms with Crippen molar-refractivity contribution in [2.24, 2.45) is 0 Å². The van der Waals surface area contributed by atoms with E-state index in [2.05, 4.69) is 5.32 Å². The molecule has 0 radical (unpaired) electrons. The maximum Gasteiger partial charge on any atom is 0.258 e. The van der Waals surface area contributed by atoms with Gasteiger partial charge in [0.2, 0.25) is 5.91 Å². The van der Waals surface area contributed by atoms with E-state index in [1.54, 1.807) is 12.3 Å². The van der Waals surface area contributed by atoms with E-state index in [1.807, 2.05) is 24.3 Å². The van der Waals surface area contributed by atoms with Gasteiger partial charge in [-0.15, -0.1) is 0 Å². The SMILES string of the molecule is O=C(Cn1ccc2ccccc2c1=O)NC1CCCC1. The molecular weight excluding hydrogens is 252 g/mol. The first kappa shape index (κ1) is 12.9. The van der Waals surface area contributed by atoms with Crippen LogP contribution in [0.5, 0.6) is 0 Å². The highest BCUT2D eigenvalue weighted by atomic mass is 16.2.